The van der Waals surface area contributed by atoms with E-state index < -0.39 is 0 Å². The van der Waals surface area contributed by atoms with Crippen LogP contribution in [0.4, 0.5) is 0 Å². The fourth-order valence-corrected chi connectivity index (χ4v) is 0.708. The number of aryl methyl sites for hydroxylation is 1. The van der Waals surface area contributed by atoms with Gasteiger partial charge < -0.3 is 9.84 Å². The molecule has 1 aromatic rings. The topological polar surface area (TPSA) is 32.8 Å². The molecule has 66 valence electrons. The lowest BCUT2D eigenvalue weighted by Gasteiger charge is -1.82. The van der Waals surface area contributed by atoms with Crippen molar-refractivity contribution in [3.8, 4) is 0 Å². The Morgan fingerprint density at radius 3 is 2.17 bits per heavy atom. The van der Waals surface area contributed by atoms with Gasteiger partial charge in [-0.15, -0.1) is 0 Å². The number of benzene rings is 1. The van der Waals surface area contributed by atoms with Crippen molar-refractivity contribution in [1.29, 1.82) is 0 Å². The summed E-state index contributed by atoms with van der Waals surface area (Å²) in [6.45, 7) is 3.04. The first kappa shape index (κ1) is 9.23. The van der Waals surface area contributed by atoms with Crippen molar-refractivity contribution in [3.05, 3.63) is 35.9 Å². The molecular weight excluding hydrogens is 152 g/mol. The standard InChI is InChI=1S/C7H8.C3H6O2/c1-7-5-3-2-4-6-7;4-1-3-2-5-3/h2-6H,1H3;3-4H,1-2H2. The Bertz CT molecular complexity index is 204. The third kappa shape index (κ3) is 4.11. The minimum Gasteiger partial charge on any atom is -0.394 e. The summed E-state index contributed by atoms with van der Waals surface area (Å²) in [6.07, 6.45) is 0.190. The summed E-state index contributed by atoms with van der Waals surface area (Å²) in [5, 5.41) is 8.08. The Morgan fingerprint density at radius 2 is 2.00 bits per heavy atom. The van der Waals surface area contributed by atoms with Gasteiger partial charge in [0.25, 0.3) is 0 Å². The van der Waals surface area contributed by atoms with Gasteiger partial charge in [0.2, 0.25) is 0 Å². The van der Waals surface area contributed by atoms with Crippen LogP contribution in [0.5, 0.6) is 0 Å². The molecule has 2 rings (SSSR count). The minimum atomic E-state index is 0.190. The van der Waals surface area contributed by atoms with Gasteiger partial charge in [0.1, 0.15) is 6.10 Å². The van der Waals surface area contributed by atoms with Crippen LogP contribution in [0, 0.1) is 6.92 Å². The van der Waals surface area contributed by atoms with E-state index in [9.17, 15) is 0 Å². The van der Waals surface area contributed by atoms with Crippen LogP contribution in [-0.2, 0) is 4.74 Å². The van der Waals surface area contributed by atoms with Crippen molar-refractivity contribution in [2.24, 2.45) is 0 Å². The van der Waals surface area contributed by atoms with Crippen LogP contribution in [0.25, 0.3) is 0 Å². The lowest BCUT2D eigenvalue weighted by molar-refractivity contribution is 0.244. The number of aliphatic hydroxyl groups is 1. The zero-order valence-electron chi connectivity index (χ0n) is 7.23. The average Bonchev–Trinajstić information content (AvgIpc) is 2.89. The summed E-state index contributed by atoms with van der Waals surface area (Å²) >= 11 is 0. The second-order valence-electron chi connectivity index (χ2n) is 2.79. The van der Waals surface area contributed by atoms with Crippen molar-refractivity contribution >= 4 is 0 Å². The first-order valence-electron chi connectivity index (χ1n) is 4.07. The van der Waals surface area contributed by atoms with E-state index in [1.54, 1.807) is 0 Å². The number of ether oxygens (including phenoxy) is 1. The smallest absolute Gasteiger partial charge is 0.104 e. The summed E-state index contributed by atoms with van der Waals surface area (Å²) in [5.74, 6) is 0. The summed E-state index contributed by atoms with van der Waals surface area (Å²) in [7, 11) is 0. The molecule has 1 aliphatic rings. The number of rotatable bonds is 1. The molecule has 1 fully saturated rings. The molecule has 0 aromatic heterocycles. The van der Waals surface area contributed by atoms with E-state index in [0.29, 0.717) is 0 Å². The van der Waals surface area contributed by atoms with Crippen LogP contribution in [-0.4, -0.2) is 24.4 Å². The first-order chi connectivity index (χ1) is 5.83. The molecule has 1 unspecified atom stereocenters. The summed E-state index contributed by atoms with van der Waals surface area (Å²) in [5.41, 5.74) is 1.32. The van der Waals surface area contributed by atoms with E-state index in [4.69, 9.17) is 5.11 Å². The minimum absolute atomic E-state index is 0.190. The van der Waals surface area contributed by atoms with Crippen LogP contribution in [0.15, 0.2) is 30.3 Å². The highest BCUT2D eigenvalue weighted by Gasteiger charge is 2.19. The van der Waals surface area contributed by atoms with E-state index in [2.05, 4.69) is 23.8 Å². The summed E-state index contributed by atoms with van der Waals surface area (Å²) in [4.78, 5) is 0. The molecule has 0 spiro atoms. The maximum atomic E-state index is 8.08. The third-order valence-corrected chi connectivity index (χ3v) is 1.55. The largest absolute Gasteiger partial charge is 0.394 e. The van der Waals surface area contributed by atoms with Crippen molar-refractivity contribution < 1.29 is 9.84 Å². The second-order valence-corrected chi connectivity index (χ2v) is 2.79. The van der Waals surface area contributed by atoms with E-state index in [-0.39, 0.29) is 12.7 Å². The number of hydrogen-bond acceptors (Lipinski definition) is 2. The molecule has 0 aliphatic carbocycles. The molecule has 2 heteroatoms. The molecule has 12 heavy (non-hydrogen) atoms. The maximum Gasteiger partial charge on any atom is 0.104 e. The molecule has 1 atom stereocenters. The normalized spacial score (nSPS) is 19.3. The number of hydrogen-bond donors (Lipinski definition) is 1. The van der Waals surface area contributed by atoms with E-state index in [1.807, 2.05) is 18.2 Å². The van der Waals surface area contributed by atoms with E-state index >= 15 is 0 Å². The molecule has 2 nitrogen and oxygen atoms in total. The fourth-order valence-electron chi connectivity index (χ4n) is 0.708. The van der Waals surface area contributed by atoms with E-state index in [0.717, 1.165) is 6.61 Å². The van der Waals surface area contributed by atoms with Crippen LogP contribution < -0.4 is 0 Å². The van der Waals surface area contributed by atoms with Crippen LogP contribution >= 0.6 is 0 Å². The zero-order chi connectivity index (χ0) is 8.81. The fraction of sp³-hybridized carbons (Fsp3) is 0.400. The Morgan fingerprint density at radius 1 is 1.42 bits per heavy atom. The van der Waals surface area contributed by atoms with Gasteiger partial charge in [-0.05, 0) is 6.92 Å². The molecule has 1 N–H and O–H groups in total. The highest BCUT2D eigenvalue weighted by molar-refractivity contribution is 5.11. The predicted octanol–water partition coefficient (Wildman–Crippen LogP) is 1.37. The van der Waals surface area contributed by atoms with Crippen LogP contribution in [0.1, 0.15) is 5.56 Å². The van der Waals surface area contributed by atoms with Gasteiger partial charge in [0.05, 0.1) is 13.2 Å². The van der Waals surface area contributed by atoms with Gasteiger partial charge in [-0.1, -0.05) is 35.9 Å². The number of epoxide rings is 1. The van der Waals surface area contributed by atoms with Gasteiger partial charge in [-0.2, -0.15) is 0 Å². The van der Waals surface area contributed by atoms with Gasteiger partial charge in [0, 0.05) is 0 Å². The molecule has 0 bridgehead atoms. The second kappa shape index (κ2) is 4.91. The van der Waals surface area contributed by atoms with E-state index in [1.165, 1.54) is 5.56 Å². The van der Waals surface area contributed by atoms with Crippen molar-refractivity contribution in [2.75, 3.05) is 13.2 Å². The van der Waals surface area contributed by atoms with Crippen molar-refractivity contribution in [2.45, 2.75) is 13.0 Å². The number of aliphatic hydroxyl groups excluding tert-OH is 1. The van der Waals surface area contributed by atoms with Gasteiger partial charge in [-0.3, -0.25) is 0 Å². The lowest BCUT2D eigenvalue weighted by atomic mass is 10.2. The van der Waals surface area contributed by atoms with Crippen molar-refractivity contribution in [1.82, 2.24) is 0 Å². The Hall–Kier alpha value is -0.860. The SMILES string of the molecule is Cc1ccccc1.OCC1CO1. The predicted molar refractivity (Wildman–Crippen MR) is 48.0 cm³/mol. The average molecular weight is 166 g/mol. The molecule has 1 aromatic carbocycles. The quantitative estimate of drug-likeness (QED) is 0.639. The van der Waals surface area contributed by atoms with Gasteiger partial charge in [-0.25, -0.2) is 0 Å². The van der Waals surface area contributed by atoms with Crippen LogP contribution in [0.2, 0.25) is 0 Å². The zero-order valence-corrected chi connectivity index (χ0v) is 7.23. The van der Waals surface area contributed by atoms with Gasteiger partial charge >= 0.3 is 0 Å². The monoisotopic (exact) mass is 166 g/mol. The highest BCUT2D eigenvalue weighted by Crippen LogP contribution is 2.04. The Kier molecular flexibility index (Phi) is 3.77. The molecule has 1 saturated heterocycles. The molecular formula is C10H14O2. The van der Waals surface area contributed by atoms with Gasteiger partial charge in [0.15, 0.2) is 0 Å². The Balaban J connectivity index is 0.000000127. The maximum absolute atomic E-state index is 8.08. The Labute approximate surface area is 72.8 Å². The van der Waals surface area contributed by atoms with Crippen LogP contribution in [0.3, 0.4) is 0 Å². The molecule has 1 heterocycles. The molecule has 0 saturated carbocycles. The summed E-state index contributed by atoms with van der Waals surface area (Å²) < 4.78 is 4.61. The molecule has 0 amide bonds. The molecule has 1 aliphatic heterocycles. The third-order valence-electron chi connectivity index (χ3n) is 1.55. The first-order valence-corrected chi connectivity index (χ1v) is 4.07. The van der Waals surface area contributed by atoms with Crippen molar-refractivity contribution in [3.63, 3.8) is 0 Å². The lowest BCUT2D eigenvalue weighted by Crippen LogP contribution is -1.88. The summed E-state index contributed by atoms with van der Waals surface area (Å²) in [6, 6.07) is 10.3. The molecule has 0 radical (unpaired) electrons. The highest BCUT2D eigenvalue weighted by atomic mass is 16.6.